The van der Waals surface area contributed by atoms with Gasteiger partial charge in [0.1, 0.15) is 5.82 Å². The Morgan fingerprint density at radius 2 is 2.05 bits per heavy atom. The highest BCUT2D eigenvalue weighted by molar-refractivity contribution is 5.20. The highest BCUT2D eigenvalue weighted by Crippen LogP contribution is 2.32. The molecule has 2 atom stereocenters. The molecule has 2 unspecified atom stereocenters. The van der Waals surface area contributed by atoms with E-state index in [1.54, 1.807) is 12.1 Å². The van der Waals surface area contributed by atoms with Crippen molar-refractivity contribution < 1.29 is 4.39 Å². The number of piperidine rings is 1. The Kier molecular flexibility index (Phi) is 5.34. The van der Waals surface area contributed by atoms with Gasteiger partial charge in [0.2, 0.25) is 0 Å². The predicted octanol–water partition coefficient (Wildman–Crippen LogP) is 3.48. The molecule has 0 aliphatic carbocycles. The summed E-state index contributed by atoms with van der Waals surface area (Å²) in [6.07, 6.45) is 5.94. The molecule has 0 radical (unpaired) electrons. The smallest absolute Gasteiger partial charge is 0.123 e. The first-order chi connectivity index (χ1) is 9.26. The maximum Gasteiger partial charge on any atom is 0.123 e. The van der Waals surface area contributed by atoms with E-state index < -0.39 is 0 Å². The monoisotopic (exact) mass is 264 g/mol. The summed E-state index contributed by atoms with van der Waals surface area (Å²) >= 11 is 0. The first-order valence-electron chi connectivity index (χ1n) is 7.47. The van der Waals surface area contributed by atoms with Crippen molar-refractivity contribution in [3.8, 4) is 0 Å². The van der Waals surface area contributed by atoms with Gasteiger partial charge in [-0.15, -0.1) is 0 Å². The molecule has 0 aromatic heterocycles. The number of hydrogen-bond acceptors (Lipinski definition) is 2. The quantitative estimate of drug-likeness (QED) is 0.882. The van der Waals surface area contributed by atoms with E-state index in [1.165, 1.54) is 24.8 Å². The number of halogens is 1. The van der Waals surface area contributed by atoms with Crippen molar-refractivity contribution >= 4 is 0 Å². The van der Waals surface area contributed by atoms with Crippen LogP contribution >= 0.6 is 0 Å². The van der Waals surface area contributed by atoms with Crippen LogP contribution < -0.4 is 5.73 Å². The summed E-state index contributed by atoms with van der Waals surface area (Å²) in [6, 6.07) is 7.99. The van der Waals surface area contributed by atoms with Gasteiger partial charge < -0.3 is 5.73 Å². The number of likely N-dealkylation sites (tertiary alicyclic amines) is 1. The zero-order valence-electron chi connectivity index (χ0n) is 11.8. The van der Waals surface area contributed by atoms with Crippen molar-refractivity contribution in [2.24, 2.45) is 5.73 Å². The highest BCUT2D eigenvalue weighted by Gasteiger charge is 2.28. The number of nitrogens with two attached hydrogens (primary N) is 1. The lowest BCUT2D eigenvalue weighted by atomic mass is 9.93. The van der Waals surface area contributed by atoms with Crippen LogP contribution in [0.2, 0.25) is 0 Å². The summed E-state index contributed by atoms with van der Waals surface area (Å²) in [5.74, 6) is -0.157. The zero-order valence-corrected chi connectivity index (χ0v) is 11.8. The third-order valence-electron chi connectivity index (χ3n) is 4.21. The molecular weight excluding hydrogens is 239 g/mol. The Bertz CT molecular complexity index is 375. The molecule has 1 saturated heterocycles. The van der Waals surface area contributed by atoms with Crippen molar-refractivity contribution in [2.75, 3.05) is 13.1 Å². The Morgan fingerprint density at radius 1 is 1.32 bits per heavy atom. The average molecular weight is 264 g/mol. The minimum atomic E-state index is -0.157. The summed E-state index contributed by atoms with van der Waals surface area (Å²) in [5, 5.41) is 0. The minimum Gasteiger partial charge on any atom is -0.330 e. The topological polar surface area (TPSA) is 29.3 Å². The van der Waals surface area contributed by atoms with Crippen LogP contribution in [0.3, 0.4) is 0 Å². The molecule has 2 nitrogen and oxygen atoms in total. The largest absolute Gasteiger partial charge is 0.330 e. The summed E-state index contributed by atoms with van der Waals surface area (Å²) in [5.41, 5.74) is 6.97. The van der Waals surface area contributed by atoms with Gasteiger partial charge in [-0.3, -0.25) is 4.90 Å². The van der Waals surface area contributed by atoms with Gasteiger partial charge in [-0.05, 0) is 56.5 Å². The van der Waals surface area contributed by atoms with Crippen LogP contribution in [0.1, 0.15) is 50.6 Å². The second-order valence-corrected chi connectivity index (χ2v) is 5.44. The van der Waals surface area contributed by atoms with E-state index in [9.17, 15) is 4.39 Å². The highest BCUT2D eigenvalue weighted by atomic mass is 19.1. The van der Waals surface area contributed by atoms with E-state index in [4.69, 9.17) is 5.73 Å². The molecule has 1 aromatic rings. The Balaban J connectivity index is 2.16. The summed E-state index contributed by atoms with van der Waals surface area (Å²) < 4.78 is 13.1. The molecule has 0 amide bonds. The van der Waals surface area contributed by atoms with Gasteiger partial charge in [0.25, 0.3) is 0 Å². The molecule has 19 heavy (non-hydrogen) atoms. The number of nitrogens with zero attached hydrogens (tertiary/aromatic N) is 1. The number of hydrogen-bond donors (Lipinski definition) is 1. The van der Waals surface area contributed by atoms with Crippen LogP contribution in [-0.4, -0.2) is 24.0 Å². The van der Waals surface area contributed by atoms with Gasteiger partial charge in [0.15, 0.2) is 0 Å². The molecule has 0 bridgehead atoms. The summed E-state index contributed by atoms with van der Waals surface area (Å²) in [6.45, 7) is 4.10. The molecule has 1 aromatic carbocycles. The van der Waals surface area contributed by atoms with Crippen LogP contribution in [0, 0.1) is 5.82 Å². The van der Waals surface area contributed by atoms with Crippen molar-refractivity contribution in [1.82, 2.24) is 4.90 Å². The fraction of sp³-hybridized carbons (Fsp3) is 0.625. The lowest BCUT2D eigenvalue weighted by molar-refractivity contribution is 0.0871. The third-order valence-corrected chi connectivity index (χ3v) is 4.21. The molecule has 1 aliphatic rings. The Hall–Kier alpha value is -0.930. The molecular formula is C16H25FN2. The van der Waals surface area contributed by atoms with Crippen molar-refractivity contribution in [1.29, 1.82) is 0 Å². The Morgan fingerprint density at radius 3 is 2.68 bits per heavy atom. The zero-order chi connectivity index (χ0) is 13.7. The second kappa shape index (κ2) is 7.01. The van der Waals surface area contributed by atoms with E-state index in [1.807, 2.05) is 12.1 Å². The van der Waals surface area contributed by atoms with E-state index in [0.29, 0.717) is 12.1 Å². The van der Waals surface area contributed by atoms with Gasteiger partial charge in [0.05, 0.1) is 0 Å². The average Bonchev–Trinajstić information content (AvgIpc) is 2.44. The van der Waals surface area contributed by atoms with Crippen LogP contribution in [-0.2, 0) is 0 Å². The Labute approximate surface area is 115 Å². The van der Waals surface area contributed by atoms with E-state index in [-0.39, 0.29) is 5.82 Å². The molecule has 2 N–H and O–H groups in total. The van der Waals surface area contributed by atoms with Crippen LogP contribution in [0.5, 0.6) is 0 Å². The van der Waals surface area contributed by atoms with Crippen LogP contribution in [0.15, 0.2) is 24.3 Å². The minimum absolute atomic E-state index is 0.157. The lowest BCUT2D eigenvalue weighted by Crippen LogP contribution is -2.42. The number of rotatable bonds is 5. The maximum atomic E-state index is 13.1. The van der Waals surface area contributed by atoms with Gasteiger partial charge in [-0.25, -0.2) is 4.39 Å². The normalized spacial score (nSPS) is 22.4. The SMILES string of the molecule is CCC(c1ccc(F)cc1)N1CCCCC1CCN. The van der Waals surface area contributed by atoms with Crippen molar-refractivity contribution in [2.45, 2.75) is 51.1 Å². The molecule has 0 spiro atoms. The molecule has 3 heteroatoms. The third kappa shape index (κ3) is 3.54. The lowest BCUT2D eigenvalue weighted by Gasteiger charge is -2.41. The van der Waals surface area contributed by atoms with Crippen LogP contribution in [0.4, 0.5) is 4.39 Å². The van der Waals surface area contributed by atoms with Crippen molar-refractivity contribution in [3.63, 3.8) is 0 Å². The standard InChI is InChI=1S/C16H25FN2/c1-2-16(13-6-8-14(17)9-7-13)19-12-4-3-5-15(19)10-11-18/h6-9,15-16H,2-5,10-12,18H2,1H3. The van der Waals surface area contributed by atoms with Gasteiger partial charge in [-0.2, -0.15) is 0 Å². The fourth-order valence-electron chi connectivity index (χ4n) is 3.28. The molecule has 1 fully saturated rings. The van der Waals surface area contributed by atoms with Gasteiger partial charge in [0, 0.05) is 12.1 Å². The fourth-order valence-corrected chi connectivity index (χ4v) is 3.28. The van der Waals surface area contributed by atoms with Gasteiger partial charge >= 0.3 is 0 Å². The van der Waals surface area contributed by atoms with E-state index in [2.05, 4.69) is 11.8 Å². The first-order valence-corrected chi connectivity index (χ1v) is 7.47. The number of benzene rings is 1. The van der Waals surface area contributed by atoms with E-state index >= 15 is 0 Å². The predicted molar refractivity (Wildman–Crippen MR) is 77.4 cm³/mol. The summed E-state index contributed by atoms with van der Waals surface area (Å²) in [7, 11) is 0. The second-order valence-electron chi connectivity index (χ2n) is 5.44. The van der Waals surface area contributed by atoms with Gasteiger partial charge in [-0.1, -0.05) is 25.5 Å². The summed E-state index contributed by atoms with van der Waals surface area (Å²) in [4.78, 5) is 2.59. The molecule has 2 rings (SSSR count). The van der Waals surface area contributed by atoms with Crippen molar-refractivity contribution in [3.05, 3.63) is 35.6 Å². The molecule has 1 heterocycles. The molecule has 106 valence electrons. The molecule has 1 aliphatic heterocycles. The van der Waals surface area contributed by atoms with Crippen LogP contribution in [0.25, 0.3) is 0 Å². The van der Waals surface area contributed by atoms with E-state index in [0.717, 1.165) is 25.9 Å². The molecule has 0 saturated carbocycles. The maximum absolute atomic E-state index is 13.1. The first kappa shape index (κ1) is 14.5.